The van der Waals surface area contributed by atoms with Crippen molar-refractivity contribution < 1.29 is 4.79 Å². The van der Waals surface area contributed by atoms with Crippen LogP contribution in [0.15, 0.2) is 66.7 Å². The molecule has 1 unspecified atom stereocenters. The fourth-order valence-corrected chi connectivity index (χ4v) is 3.26. The number of benzene rings is 2. The zero-order valence-corrected chi connectivity index (χ0v) is 14.1. The van der Waals surface area contributed by atoms with Crippen LogP contribution in [0.1, 0.15) is 48.0 Å². The molecule has 0 aromatic heterocycles. The number of allylic oxidation sites excluding steroid dienone is 1. The number of hydrogen-bond donors (Lipinski definition) is 1. The summed E-state index contributed by atoms with van der Waals surface area (Å²) in [5.74, 6) is 0.243. The number of nitrogens with one attached hydrogen (secondary N) is 1. The highest BCUT2D eigenvalue weighted by Crippen LogP contribution is 2.26. The van der Waals surface area contributed by atoms with Crippen LogP contribution in [0.4, 0.5) is 0 Å². The topological polar surface area (TPSA) is 29.1 Å². The third kappa shape index (κ3) is 4.65. The van der Waals surface area contributed by atoms with E-state index in [1.807, 2.05) is 30.3 Å². The van der Waals surface area contributed by atoms with Crippen LogP contribution in [-0.2, 0) is 0 Å². The molecule has 24 heavy (non-hydrogen) atoms. The highest BCUT2D eigenvalue weighted by Gasteiger charge is 2.14. The van der Waals surface area contributed by atoms with E-state index in [1.54, 1.807) is 0 Å². The molecular weight excluding hydrogens is 294 g/mol. The van der Waals surface area contributed by atoms with Crippen LogP contribution >= 0.6 is 0 Å². The molecule has 0 fully saturated rings. The SMILES string of the molecule is O=C(CCCNC1CC=C(c2ccccc2)CC1)c1ccccc1. The van der Waals surface area contributed by atoms with E-state index in [0.717, 1.165) is 31.4 Å². The number of hydrogen-bond acceptors (Lipinski definition) is 2. The zero-order valence-electron chi connectivity index (χ0n) is 14.1. The Kier molecular flexibility index (Phi) is 5.97. The molecule has 1 atom stereocenters. The normalized spacial score (nSPS) is 17.3. The molecule has 124 valence electrons. The third-order valence-corrected chi connectivity index (χ3v) is 4.66. The minimum atomic E-state index is 0.243. The largest absolute Gasteiger partial charge is 0.314 e. The Balaban J connectivity index is 1.38. The molecule has 2 aromatic rings. The summed E-state index contributed by atoms with van der Waals surface area (Å²) in [4.78, 5) is 12.1. The van der Waals surface area contributed by atoms with Gasteiger partial charge < -0.3 is 5.32 Å². The first-order valence-corrected chi connectivity index (χ1v) is 8.89. The summed E-state index contributed by atoms with van der Waals surface area (Å²) in [5.41, 5.74) is 3.64. The molecule has 2 nitrogen and oxygen atoms in total. The Labute approximate surface area is 144 Å². The first-order valence-electron chi connectivity index (χ1n) is 8.89. The number of carbonyl (C=O) groups excluding carboxylic acids is 1. The van der Waals surface area contributed by atoms with E-state index in [0.29, 0.717) is 12.5 Å². The van der Waals surface area contributed by atoms with E-state index in [4.69, 9.17) is 0 Å². The van der Waals surface area contributed by atoms with Crippen LogP contribution in [0.2, 0.25) is 0 Å². The molecule has 1 aliphatic carbocycles. The molecule has 0 saturated carbocycles. The molecule has 2 aromatic carbocycles. The molecular formula is C22H25NO. The van der Waals surface area contributed by atoms with E-state index < -0.39 is 0 Å². The first kappa shape index (κ1) is 16.7. The van der Waals surface area contributed by atoms with Crippen molar-refractivity contribution in [3.63, 3.8) is 0 Å². The van der Waals surface area contributed by atoms with Crippen molar-refractivity contribution in [2.24, 2.45) is 0 Å². The Morgan fingerprint density at radius 3 is 2.38 bits per heavy atom. The van der Waals surface area contributed by atoms with Crippen molar-refractivity contribution in [1.82, 2.24) is 5.32 Å². The van der Waals surface area contributed by atoms with Crippen LogP contribution in [0, 0.1) is 0 Å². The van der Waals surface area contributed by atoms with Gasteiger partial charge in [0.2, 0.25) is 0 Å². The van der Waals surface area contributed by atoms with Gasteiger partial charge in [-0.15, -0.1) is 0 Å². The van der Waals surface area contributed by atoms with Crippen LogP contribution in [0.25, 0.3) is 5.57 Å². The van der Waals surface area contributed by atoms with Gasteiger partial charge in [0, 0.05) is 18.0 Å². The van der Waals surface area contributed by atoms with Crippen molar-refractivity contribution in [3.8, 4) is 0 Å². The van der Waals surface area contributed by atoms with Gasteiger partial charge in [-0.3, -0.25) is 4.79 Å². The summed E-state index contributed by atoms with van der Waals surface area (Å²) >= 11 is 0. The zero-order chi connectivity index (χ0) is 16.6. The lowest BCUT2D eigenvalue weighted by Gasteiger charge is -2.23. The van der Waals surface area contributed by atoms with Crippen molar-refractivity contribution in [2.75, 3.05) is 6.54 Å². The van der Waals surface area contributed by atoms with Gasteiger partial charge in [-0.25, -0.2) is 0 Å². The van der Waals surface area contributed by atoms with Gasteiger partial charge in [-0.1, -0.05) is 66.7 Å². The van der Waals surface area contributed by atoms with Crippen molar-refractivity contribution in [1.29, 1.82) is 0 Å². The van der Waals surface area contributed by atoms with Gasteiger partial charge in [0.25, 0.3) is 0 Å². The van der Waals surface area contributed by atoms with Gasteiger partial charge in [-0.05, 0) is 43.4 Å². The molecule has 1 N–H and O–H groups in total. The number of carbonyl (C=O) groups is 1. The lowest BCUT2D eigenvalue weighted by atomic mass is 9.90. The van der Waals surface area contributed by atoms with Crippen LogP contribution < -0.4 is 5.32 Å². The fourth-order valence-electron chi connectivity index (χ4n) is 3.26. The molecule has 3 rings (SSSR count). The molecule has 0 bridgehead atoms. The summed E-state index contributed by atoms with van der Waals surface area (Å²) in [6.07, 6.45) is 7.27. The molecule has 0 heterocycles. The monoisotopic (exact) mass is 319 g/mol. The second-order valence-electron chi connectivity index (χ2n) is 6.41. The maximum absolute atomic E-state index is 12.1. The van der Waals surface area contributed by atoms with E-state index in [2.05, 4.69) is 41.7 Å². The number of rotatable bonds is 7. The summed E-state index contributed by atoms with van der Waals surface area (Å²) in [7, 11) is 0. The van der Waals surface area contributed by atoms with Gasteiger partial charge in [0.05, 0.1) is 0 Å². The van der Waals surface area contributed by atoms with Crippen LogP contribution in [0.3, 0.4) is 0 Å². The summed E-state index contributed by atoms with van der Waals surface area (Å²) in [5, 5.41) is 3.60. The molecule has 1 aliphatic rings. The Morgan fingerprint density at radius 2 is 1.71 bits per heavy atom. The summed E-state index contributed by atoms with van der Waals surface area (Å²) in [6.45, 7) is 0.914. The molecule has 0 radical (unpaired) electrons. The maximum Gasteiger partial charge on any atom is 0.162 e. The third-order valence-electron chi connectivity index (χ3n) is 4.66. The fraction of sp³-hybridized carbons (Fsp3) is 0.318. The molecule has 0 saturated heterocycles. The molecule has 0 spiro atoms. The van der Waals surface area contributed by atoms with Gasteiger partial charge in [-0.2, -0.15) is 0 Å². The lowest BCUT2D eigenvalue weighted by molar-refractivity contribution is 0.0979. The standard InChI is InChI=1S/C22H25NO/c24-22(20-10-5-2-6-11-20)12-7-17-23-21-15-13-19(14-16-21)18-8-3-1-4-9-18/h1-6,8-11,13,21,23H,7,12,14-17H2. The Bertz CT molecular complexity index is 676. The number of Topliss-reactive ketones (excluding diaryl/α,β-unsaturated/α-hetero) is 1. The molecule has 2 heteroatoms. The maximum atomic E-state index is 12.1. The van der Waals surface area contributed by atoms with Gasteiger partial charge in [0.15, 0.2) is 5.78 Å². The smallest absolute Gasteiger partial charge is 0.162 e. The van der Waals surface area contributed by atoms with E-state index in [-0.39, 0.29) is 5.78 Å². The first-order chi connectivity index (χ1) is 11.8. The van der Waals surface area contributed by atoms with Gasteiger partial charge >= 0.3 is 0 Å². The van der Waals surface area contributed by atoms with Crippen molar-refractivity contribution >= 4 is 11.4 Å². The average Bonchev–Trinajstić information content (AvgIpc) is 2.67. The van der Waals surface area contributed by atoms with E-state index >= 15 is 0 Å². The highest BCUT2D eigenvalue weighted by molar-refractivity contribution is 5.95. The van der Waals surface area contributed by atoms with Gasteiger partial charge in [0.1, 0.15) is 0 Å². The van der Waals surface area contributed by atoms with E-state index in [9.17, 15) is 4.79 Å². The molecule has 0 aliphatic heterocycles. The predicted octanol–water partition coefficient (Wildman–Crippen LogP) is 4.88. The molecule has 0 amide bonds. The summed E-state index contributed by atoms with van der Waals surface area (Å²) < 4.78 is 0. The minimum absolute atomic E-state index is 0.243. The second-order valence-corrected chi connectivity index (χ2v) is 6.41. The highest BCUT2D eigenvalue weighted by atomic mass is 16.1. The average molecular weight is 319 g/mol. The number of ketones is 1. The quantitative estimate of drug-likeness (QED) is 0.582. The summed E-state index contributed by atoms with van der Waals surface area (Å²) in [6, 6.07) is 20.8. The van der Waals surface area contributed by atoms with Crippen molar-refractivity contribution in [2.45, 2.75) is 38.1 Å². The van der Waals surface area contributed by atoms with E-state index in [1.165, 1.54) is 17.6 Å². The Hall–Kier alpha value is -2.19. The van der Waals surface area contributed by atoms with Crippen LogP contribution in [-0.4, -0.2) is 18.4 Å². The lowest BCUT2D eigenvalue weighted by Crippen LogP contribution is -2.31. The predicted molar refractivity (Wildman–Crippen MR) is 100 cm³/mol. The minimum Gasteiger partial charge on any atom is -0.314 e. The second kappa shape index (κ2) is 8.60. The van der Waals surface area contributed by atoms with Crippen molar-refractivity contribution in [3.05, 3.63) is 77.9 Å². The Morgan fingerprint density at radius 1 is 1.00 bits per heavy atom. The van der Waals surface area contributed by atoms with Crippen LogP contribution in [0.5, 0.6) is 0 Å².